The summed E-state index contributed by atoms with van der Waals surface area (Å²) >= 11 is 0. The lowest BCUT2D eigenvalue weighted by Gasteiger charge is -2.10. The van der Waals surface area contributed by atoms with Crippen molar-refractivity contribution < 1.29 is 9.18 Å². The number of rotatable bonds is 2. The van der Waals surface area contributed by atoms with Gasteiger partial charge in [-0.05, 0) is 18.2 Å². The highest BCUT2D eigenvalue weighted by Gasteiger charge is 2.14. The number of benzene rings is 2. The summed E-state index contributed by atoms with van der Waals surface area (Å²) in [6.07, 6.45) is 1.46. The minimum Gasteiger partial charge on any atom is -0.319 e. The number of hydrogen-bond acceptors (Lipinski definition) is 2. The molecular weight excluding hydrogens is 283 g/mol. The summed E-state index contributed by atoms with van der Waals surface area (Å²) in [5.41, 5.74) is 0.240. The third kappa shape index (κ3) is 2.37. The van der Waals surface area contributed by atoms with E-state index in [1.807, 2.05) is 0 Å². The highest BCUT2D eigenvalue weighted by molar-refractivity contribution is 6.12. The van der Waals surface area contributed by atoms with Crippen LogP contribution in [0.5, 0.6) is 0 Å². The van der Waals surface area contributed by atoms with Crippen molar-refractivity contribution in [2.45, 2.75) is 0 Å². The highest BCUT2D eigenvalue weighted by Crippen LogP contribution is 2.18. The third-order valence-electron chi connectivity index (χ3n) is 3.46. The Morgan fingerprint density at radius 1 is 1.05 bits per heavy atom. The lowest BCUT2D eigenvalue weighted by Crippen LogP contribution is -2.21. The first-order chi connectivity index (χ1) is 10.6. The van der Waals surface area contributed by atoms with Crippen molar-refractivity contribution in [2.75, 3.05) is 5.32 Å². The number of carbonyl (C=O) groups excluding carboxylic acids is 1. The number of fused-ring (bicyclic) bond motifs is 1. The Kier molecular flexibility index (Phi) is 3.47. The van der Waals surface area contributed by atoms with Crippen LogP contribution in [0.1, 0.15) is 10.4 Å². The van der Waals surface area contributed by atoms with Crippen LogP contribution in [-0.2, 0) is 7.05 Å². The van der Waals surface area contributed by atoms with Gasteiger partial charge in [-0.2, -0.15) is 0 Å². The van der Waals surface area contributed by atoms with Crippen molar-refractivity contribution >= 4 is 22.4 Å². The maximum Gasteiger partial charge on any atom is 0.258 e. The van der Waals surface area contributed by atoms with E-state index < -0.39 is 11.7 Å². The Bertz CT molecular complexity index is 931. The lowest BCUT2D eigenvalue weighted by molar-refractivity contribution is 0.102. The number of carbonyl (C=O) groups is 1. The fraction of sp³-hybridized carbons (Fsp3) is 0.0588. The first-order valence-electron chi connectivity index (χ1n) is 6.72. The van der Waals surface area contributed by atoms with E-state index in [2.05, 4.69) is 5.32 Å². The second-order valence-corrected chi connectivity index (χ2v) is 4.94. The molecule has 0 aliphatic rings. The molecule has 22 heavy (non-hydrogen) atoms. The van der Waals surface area contributed by atoms with Gasteiger partial charge in [-0.3, -0.25) is 9.59 Å². The monoisotopic (exact) mass is 296 g/mol. The maximum atomic E-state index is 13.7. The fourth-order valence-electron chi connectivity index (χ4n) is 2.35. The number of nitrogens with zero attached hydrogens (tertiary/aromatic N) is 1. The number of nitrogens with one attached hydrogen (secondary N) is 1. The second-order valence-electron chi connectivity index (χ2n) is 4.94. The number of hydrogen-bond donors (Lipinski definition) is 1. The number of halogens is 1. The summed E-state index contributed by atoms with van der Waals surface area (Å²) in [5, 5.41) is 3.53. The van der Waals surface area contributed by atoms with Gasteiger partial charge in [0.25, 0.3) is 11.5 Å². The van der Waals surface area contributed by atoms with Gasteiger partial charge in [-0.25, -0.2) is 4.39 Å². The fourth-order valence-corrected chi connectivity index (χ4v) is 2.35. The molecule has 0 unspecified atom stereocenters. The molecule has 0 radical (unpaired) electrons. The van der Waals surface area contributed by atoms with E-state index in [0.717, 1.165) is 0 Å². The van der Waals surface area contributed by atoms with Gasteiger partial charge < -0.3 is 9.88 Å². The van der Waals surface area contributed by atoms with Crippen LogP contribution in [0.25, 0.3) is 10.8 Å². The molecule has 2 aromatic carbocycles. The smallest absolute Gasteiger partial charge is 0.258 e. The Labute approximate surface area is 125 Å². The van der Waals surface area contributed by atoms with E-state index in [4.69, 9.17) is 0 Å². The number of aryl methyl sites for hydroxylation is 1. The molecule has 0 fully saturated rings. The largest absolute Gasteiger partial charge is 0.319 e. The predicted molar refractivity (Wildman–Crippen MR) is 83.5 cm³/mol. The first kappa shape index (κ1) is 14.0. The standard InChI is InChI=1S/C17H13FN2O2/c1-20-10-13(11-6-2-3-7-12(11)17(20)22)16(21)19-15-9-5-4-8-14(15)18/h2-10H,1H3,(H,19,21). The van der Waals surface area contributed by atoms with Crippen molar-refractivity contribution in [1.82, 2.24) is 4.57 Å². The molecule has 0 spiro atoms. The molecule has 4 nitrogen and oxygen atoms in total. The van der Waals surface area contributed by atoms with Gasteiger partial charge in [-0.1, -0.05) is 30.3 Å². The van der Waals surface area contributed by atoms with E-state index >= 15 is 0 Å². The summed E-state index contributed by atoms with van der Waals surface area (Å²) < 4.78 is 15.0. The molecule has 3 rings (SSSR count). The van der Waals surface area contributed by atoms with Crippen molar-refractivity contribution in [2.24, 2.45) is 7.05 Å². The van der Waals surface area contributed by atoms with Gasteiger partial charge in [0.15, 0.2) is 0 Å². The number of amides is 1. The molecule has 0 aliphatic heterocycles. The van der Waals surface area contributed by atoms with E-state index in [0.29, 0.717) is 16.3 Å². The van der Waals surface area contributed by atoms with E-state index in [-0.39, 0.29) is 11.2 Å². The van der Waals surface area contributed by atoms with E-state index in [1.54, 1.807) is 43.4 Å². The molecule has 110 valence electrons. The molecule has 0 aliphatic carbocycles. The topological polar surface area (TPSA) is 51.1 Å². The summed E-state index contributed by atoms with van der Waals surface area (Å²) in [6, 6.07) is 12.8. The normalized spacial score (nSPS) is 10.6. The molecule has 1 N–H and O–H groups in total. The third-order valence-corrected chi connectivity index (χ3v) is 3.46. The van der Waals surface area contributed by atoms with E-state index in [1.165, 1.54) is 22.9 Å². The van der Waals surface area contributed by atoms with Crippen LogP contribution >= 0.6 is 0 Å². The zero-order valence-electron chi connectivity index (χ0n) is 11.8. The highest BCUT2D eigenvalue weighted by atomic mass is 19.1. The van der Waals surface area contributed by atoms with Gasteiger partial charge in [0.05, 0.1) is 11.3 Å². The van der Waals surface area contributed by atoms with Gasteiger partial charge in [0.1, 0.15) is 5.82 Å². The Hall–Kier alpha value is -2.95. The summed E-state index contributed by atoms with van der Waals surface area (Å²) in [7, 11) is 1.58. The predicted octanol–water partition coefficient (Wildman–Crippen LogP) is 2.93. The van der Waals surface area contributed by atoms with Crippen molar-refractivity contribution in [3.05, 3.63) is 76.5 Å². The van der Waals surface area contributed by atoms with Crippen LogP contribution in [0, 0.1) is 5.82 Å². The minimum atomic E-state index is -0.509. The zero-order valence-corrected chi connectivity index (χ0v) is 11.8. The van der Waals surface area contributed by atoms with Gasteiger partial charge in [0, 0.05) is 24.0 Å². The van der Waals surface area contributed by atoms with E-state index in [9.17, 15) is 14.0 Å². The molecule has 0 saturated heterocycles. The summed E-state index contributed by atoms with van der Waals surface area (Å²) in [5.74, 6) is -0.970. The Balaban J connectivity index is 2.11. The molecule has 1 amide bonds. The van der Waals surface area contributed by atoms with Crippen LogP contribution in [0.4, 0.5) is 10.1 Å². The van der Waals surface area contributed by atoms with Gasteiger partial charge in [-0.15, -0.1) is 0 Å². The lowest BCUT2D eigenvalue weighted by atomic mass is 10.1. The average Bonchev–Trinajstić information content (AvgIpc) is 2.53. The van der Waals surface area contributed by atoms with Crippen molar-refractivity contribution in [3.8, 4) is 0 Å². The minimum absolute atomic E-state index is 0.102. The van der Waals surface area contributed by atoms with Crippen LogP contribution < -0.4 is 10.9 Å². The van der Waals surface area contributed by atoms with Gasteiger partial charge >= 0.3 is 0 Å². The first-order valence-corrected chi connectivity index (χ1v) is 6.72. The maximum absolute atomic E-state index is 13.7. The molecule has 0 atom stereocenters. The summed E-state index contributed by atoms with van der Waals surface area (Å²) in [6.45, 7) is 0. The number of pyridine rings is 1. The molecule has 1 heterocycles. The summed E-state index contributed by atoms with van der Waals surface area (Å²) in [4.78, 5) is 24.5. The molecule has 1 aromatic heterocycles. The average molecular weight is 296 g/mol. The van der Waals surface area contributed by atoms with Crippen molar-refractivity contribution in [1.29, 1.82) is 0 Å². The quantitative estimate of drug-likeness (QED) is 0.790. The molecular formula is C17H13FN2O2. The van der Waals surface area contributed by atoms with Crippen molar-refractivity contribution in [3.63, 3.8) is 0 Å². The van der Waals surface area contributed by atoms with Crippen LogP contribution in [-0.4, -0.2) is 10.5 Å². The number of para-hydroxylation sites is 1. The van der Waals surface area contributed by atoms with Crippen LogP contribution in [0.15, 0.2) is 59.5 Å². The Morgan fingerprint density at radius 3 is 2.41 bits per heavy atom. The van der Waals surface area contributed by atoms with Crippen LogP contribution in [0.2, 0.25) is 0 Å². The number of aromatic nitrogens is 1. The van der Waals surface area contributed by atoms with Gasteiger partial charge in [0.2, 0.25) is 0 Å². The van der Waals surface area contributed by atoms with Crippen LogP contribution in [0.3, 0.4) is 0 Å². The SMILES string of the molecule is Cn1cc(C(=O)Nc2ccccc2F)c2ccccc2c1=O. The Morgan fingerprint density at radius 2 is 1.68 bits per heavy atom. The molecule has 5 heteroatoms. The number of anilines is 1. The molecule has 0 bridgehead atoms. The zero-order chi connectivity index (χ0) is 15.7. The second kappa shape index (κ2) is 5.44. The molecule has 3 aromatic rings. The molecule has 0 saturated carbocycles.